The Morgan fingerprint density at radius 3 is 1.83 bits per heavy atom. The number of carbonyl (C=O) groups excluding carboxylic acids is 1. The predicted molar refractivity (Wildman–Crippen MR) is 88.0 cm³/mol. The van der Waals surface area contributed by atoms with Gasteiger partial charge in [0.15, 0.2) is 0 Å². The maximum Gasteiger partial charge on any atom is 0.243 e. The molecule has 0 bridgehead atoms. The molecule has 1 aliphatic heterocycles. The molecule has 1 fully saturated rings. The minimum atomic E-state index is -3.87. The molecule has 1 amide bonds. The first-order valence-electron chi connectivity index (χ1n) is 7.45. The van der Waals surface area contributed by atoms with Crippen molar-refractivity contribution in [3.05, 3.63) is 24.3 Å². The third kappa shape index (κ3) is 3.94. The lowest BCUT2D eigenvalue weighted by molar-refractivity contribution is -0.135. The van der Waals surface area contributed by atoms with Crippen molar-refractivity contribution in [2.75, 3.05) is 26.2 Å². The Morgan fingerprint density at radius 2 is 1.42 bits per heavy atom. The Labute approximate surface area is 142 Å². The lowest BCUT2D eigenvalue weighted by Gasteiger charge is -2.34. The van der Waals surface area contributed by atoms with Crippen LogP contribution in [0.25, 0.3) is 0 Å². The molecule has 1 aliphatic rings. The number of carbonyl (C=O) groups is 1. The Morgan fingerprint density at radius 1 is 0.958 bits per heavy atom. The molecule has 0 aliphatic carbocycles. The lowest BCUT2D eigenvalue weighted by Crippen LogP contribution is -2.51. The minimum absolute atomic E-state index is 0.00136. The van der Waals surface area contributed by atoms with Gasteiger partial charge in [-0.3, -0.25) is 4.79 Å². The molecule has 1 saturated heterocycles. The van der Waals surface area contributed by atoms with Crippen molar-refractivity contribution in [1.82, 2.24) is 9.21 Å². The Hall–Kier alpha value is -1.49. The molecular formula is C14H21N3O5S2. The smallest absolute Gasteiger partial charge is 0.243 e. The van der Waals surface area contributed by atoms with Crippen LogP contribution in [-0.4, -0.2) is 58.1 Å². The highest BCUT2D eigenvalue weighted by molar-refractivity contribution is 7.89. The van der Waals surface area contributed by atoms with Crippen LogP contribution < -0.4 is 5.14 Å². The maximum absolute atomic E-state index is 12.6. The fourth-order valence-electron chi connectivity index (χ4n) is 2.46. The maximum atomic E-state index is 12.6. The van der Waals surface area contributed by atoms with Crippen molar-refractivity contribution < 1.29 is 21.6 Å². The molecule has 0 radical (unpaired) electrons. The number of nitrogens with zero attached hydrogens (tertiary/aromatic N) is 2. The number of hydrogen-bond donors (Lipinski definition) is 1. The third-order valence-electron chi connectivity index (χ3n) is 3.83. The number of primary sulfonamides is 1. The van der Waals surface area contributed by atoms with E-state index in [1.807, 2.05) is 0 Å². The van der Waals surface area contributed by atoms with Crippen LogP contribution in [0.2, 0.25) is 0 Å². The number of rotatable bonds is 4. The molecule has 0 atom stereocenters. The fraction of sp³-hybridized carbons (Fsp3) is 0.500. The van der Waals surface area contributed by atoms with Crippen LogP contribution in [0.1, 0.15) is 13.8 Å². The van der Waals surface area contributed by atoms with Crippen LogP contribution in [0.15, 0.2) is 34.1 Å². The lowest BCUT2D eigenvalue weighted by atomic mass is 10.2. The van der Waals surface area contributed by atoms with Crippen molar-refractivity contribution in [1.29, 1.82) is 0 Å². The molecular weight excluding hydrogens is 354 g/mol. The molecule has 1 aromatic rings. The summed E-state index contributed by atoms with van der Waals surface area (Å²) in [5.74, 6) is -0.122. The number of benzene rings is 1. The van der Waals surface area contributed by atoms with Crippen LogP contribution in [0.3, 0.4) is 0 Å². The van der Waals surface area contributed by atoms with Gasteiger partial charge in [0.1, 0.15) is 0 Å². The molecule has 0 saturated carbocycles. The molecule has 1 heterocycles. The van der Waals surface area contributed by atoms with Gasteiger partial charge in [-0.2, -0.15) is 4.31 Å². The first-order chi connectivity index (χ1) is 11.0. The summed E-state index contributed by atoms with van der Waals surface area (Å²) in [5, 5.41) is 5.00. The highest BCUT2D eigenvalue weighted by Crippen LogP contribution is 2.20. The first kappa shape index (κ1) is 18.8. The SMILES string of the molecule is CC(C)C(=O)N1CCN(S(=O)(=O)c2ccc(S(N)(=O)=O)cc2)CC1. The second-order valence-electron chi connectivity index (χ2n) is 5.90. The monoisotopic (exact) mass is 375 g/mol. The van der Waals surface area contributed by atoms with Crippen molar-refractivity contribution >= 4 is 26.0 Å². The standard InChI is InChI=1S/C14H21N3O5S2/c1-11(2)14(18)16-7-9-17(10-8-16)24(21,22)13-5-3-12(4-6-13)23(15,19)20/h3-6,11H,7-10H2,1-2H3,(H2,15,19,20). The highest BCUT2D eigenvalue weighted by atomic mass is 32.2. The van der Waals surface area contributed by atoms with Crippen molar-refractivity contribution in [2.45, 2.75) is 23.6 Å². The topological polar surface area (TPSA) is 118 Å². The highest BCUT2D eigenvalue weighted by Gasteiger charge is 2.30. The van der Waals surface area contributed by atoms with E-state index < -0.39 is 20.0 Å². The van der Waals surface area contributed by atoms with E-state index in [2.05, 4.69) is 0 Å². The van der Waals surface area contributed by atoms with Gasteiger partial charge >= 0.3 is 0 Å². The normalized spacial score (nSPS) is 17.2. The van der Waals surface area contributed by atoms with E-state index in [9.17, 15) is 21.6 Å². The van der Waals surface area contributed by atoms with Gasteiger partial charge < -0.3 is 4.90 Å². The van der Waals surface area contributed by atoms with Crippen molar-refractivity contribution in [2.24, 2.45) is 11.1 Å². The van der Waals surface area contributed by atoms with Gasteiger partial charge in [-0.25, -0.2) is 22.0 Å². The van der Waals surface area contributed by atoms with E-state index in [0.29, 0.717) is 13.1 Å². The average Bonchev–Trinajstić information content (AvgIpc) is 2.53. The zero-order valence-electron chi connectivity index (χ0n) is 13.5. The largest absolute Gasteiger partial charge is 0.340 e. The second-order valence-corrected chi connectivity index (χ2v) is 9.40. The molecule has 10 heteroatoms. The zero-order valence-corrected chi connectivity index (χ0v) is 15.2. The van der Waals surface area contributed by atoms with E-state index in [1.54, 1.807) is 18.7 Å². The number of piperazine rings is 1. The van der Waals surface area contributed by atoms with Crippen molar-refractivity contribution in [3.63, 3.8) is 0 Å². The minimum Gasteiger partial charge on any atom is -0.340 e. The van der Waals surface area contributed by atoms with Crippen LogP contribution in [0.5, 0.6) is 0 Å². The van der Waals surface area contributed by atoms with E-state index in [1.165, 1.54) is 28.6 Å². The summed E-state index contributed by atoms with van der Waals surface area (Å²) in [5.41, 5.74) is 0. The predicted octanol–water partition coefficient (Wildman–Crippen LogP) is -0.177. The van der Waals surface area contributed by atoms with Crippen LogP contribution in [0.4, 0.5) is 0 Å². The molecule has 0 spiro atoms. The van der Waals surface area contributed by atoms with Gasteiger partial charge in [0.2, 0.25) is 26.0 Å². The average molecular weight is 375 g/mol. The van der Waals surface area contributed by atoms with E-state index in [4.69, 9.17) is 5.14 Å². The molecule has 8 nitrogen and oxygen atoms in total. The molecule has 24 heavy (non-hydrogen) atoms. The zero-order chi connectivity index (χ0) is 18.1. The van der Waals surface area contributed by atoms with Gasteiger partial charge in [0.05, 0.1) is 9.79 Å². The Bertz CT molecular complexity index is 808. The first-order valence-corrected chi connectivity index (χ1v) is 10.4. The van der Waals surface area contributed by atoms with E-state index in [-0.39, 0.29) is 34.7 Å². The molecule has 2 N–H and O–H groups in total. The Balaban J connectivity index is 2.13. The molecule has 0 unspecified atom stereocenters. The fourth-order valence-corrected chi connectivity index (χ4v) is 4.40. The summed E-state index contributed by atoms with van der Waals surface area (Å²) in [6, 6.07) is 4.78. The molecule has 2 rings (SSSR count). The molecule has 1 aromatic carbocycles. The number of sulfonamides is 2. The quantitative estimate of drug-likeness (QED) is 0.783. The summed E-state index contributed by atoms with van der Waals surface area (Å²) in [6.07, 6.45) is 0. The summed E-state index contributed by atoms with van der Waals surface area (Å²) >= 11 is 0. The van der Waals surface area contributed by atoms with E-state index in [0.717, 1.165) is 0 Å². The molecule has 134 valence electrons. The summed E-state index contributed by atoms with van der Waals surface area (Å²) in [6.45, 7) is 4.70. The van der Waals surface area contributed by atoms with Gasteiger partial charge in [-0.05, 0) is 24.3 Å². The van der Waals surface area contributed by atoms with Crippen molar-refractivity contribution in [3.8, 4) is 0 Å². The number of hydrogen-bond acceptors (Lipinski definition) is 5. The van der Waals surface area contributed by atoms with Crippen LogP contribution in [-0.2, 0) is 24.8 Å². The summed E-state index contributed by atoms with van der Waals surface area (Å²) in [4.78, 5) is 13.5. The molecule has 0 aromatic heterocycles. The number of amides is 1. The Kier molecular flexibility index (Phi) is 5.33. The second kappa shape index (κ2) is 6.79. The third-order valence-corrected chi connectivity index (χ3v) is 6.68. The summed E-state index contributed by atoms with van der Waals surface area (Å²) in [7, 11) is -7.60. The number of nitrogens with two attached hydrogens (primary N) is 1. The van der Waals surface area contributed by atoms with E-state index >= 15 is 0 Å². The van der Waals surface area contributed by atoms with Gasteiger partial charge in [-0.1, -0.05) is 13.8 Å². The van der Waals surface area contributed by atoms with Gasteiger partial charge in [0, 0.05) is 32.1 Å². The van der Waals surface area contributed by atoms with Gasteiger partial charge in [0.25, 0.3) is 0 Å². The van der Waals surface area contributed by atoms with Crippen LogP contribution >= 0.6 is 0 Å². The summed E-state index contributed by atoms with van der Waals surface area (Å²) < 4.78 is 49.0. The van der Waals surface area contributed by atoms with Gasteiger partial charge in [-0.15, -0.1) is 0 Å². The van der Waals surface area contributed by atoms with Crippen LogP contribution in [0, 0.1) is 5.92 Å².